The summed E-state index contributed by atoms with van der Waals surface area (Å²) < 4.78 is 10.1. The van der Waals surface area contributed by atoms with Crippen molar-refractivity contribution in [2.24, 2.45) is 0 Å². The number of hydrogen-bond donors (Lipinski definition) is 3. The van der Waals surface area contributed by atoms with E-state index in [1.165, 1.54) is 14.2 Å². The van der Waals surface area contributed by atoms with Gasteiger partial charge in [-0.1, -0.05) is 6.08 Å². The van der Waals surface area contributed by atoms with Crippen molar-refractivity contribution in [3.05, 3.63) is 12.2 Å². The Kier molecular flexibility index (Phi) is 5.40. The van der Waals surface area contributed by atoms with Crippen LogP contribution in [0.3, 0.4) is 0 Å². The first kappa shape index (κ1) is 14.0. The maximum Gasteiger partial charge on any atom is 0.407 e. The topological polar surface area (TPSA) is 88.0 Å². The minimum Gasteiger partial charge on any atom is -0.442 e. The third-order valence-electron chi connectivity index (χ3n) is 2.69. The van der Waals surface area contributed by atoms with Crippen LogP contribution in [0.4, 0.5) is 4.79 Å². The molecule has 0 aromatic carbocycles. The fraction of sp³-hybridized carbons (Fsp3) is 0.727. The second-order valence-electron chi connectivity index (χ2n) is 3.96. The lowest BCUT2D eigenvalue weighted by Crippen LogP contribution is -2.37. The zero-order valence-corrected chi connectivity index (χ0v) is 10.00. The number of aliphatic hydroxyl groups excluding tert-OH is 2. The van der Waals surface area contributed by atoms with Gasteiger partial charge in [0, 0.05) is 27.0 Å². The van der Waals surface area contributed by atoms with Crippen LogP contribution < -0.4 is 5.32 Å². The molecule has 6 nitrogen and oxygen atoms in total. The maximum absolute atomic E-state index is 11.1. The van der Waals surface area contributed by atoms with Gasteiger partial charge in [-0.25, -0.2) is 4.79 Å². The number of amides is 1. The summed E-state index contributed by atoms with van der Waals surface area (Å²) >= 11 is 0. The molecule has 0 fully saturated rings. The first-order valence-electron chi connectivity index (χ1n) is 5.52. The average Bonchev–Trinajstić information content (AvgIpc) is 2.30. The molecule has 17 heavy (non-hydrogen) atoms. The van der Waals surface area contributed by atoms with E-state index in [1.807, 2.05) is 0 Å². The monoisotopic (exact) mass is 245 g/mol. The van der Waals surface area contributed by atoms with Crippen molar-refractivity contribution in [1.29, 1.82) is 0 Å². The molecular weight excluding hydrogens is 226 g/mol. The van der Waals surface area contributed by atoms with Crippen LogP contribution in [0.2, 0.25) is 0 Å². The van der Waals surface area contributed by atoms with Gasteiger partial charge in [0.1, 0.15) is 6.10 Å². The summed E-state index contributed by atoms with van der Waals surface area (Å²) in [5, 5.41) is 21.8. The summed E-state index contributed by atoms with van der Waals surface area (Å²) in [5.74, 6) is 0. The Morgan fingerprint density at radius 1 is 1.35 bits per heavy atom. The minimum atomic E-state index is -0.783. The first-order valence-corrected chi connectivity index (χ1v) is 5.52. The molecule has 0 radical (unpaired) electrons. The Morgan fingerprint density at radius 2 is 2.06 bits per heavy atom. The van der Waals surface area contributed by atoms with Gasteiger partial charge >= 0.3 is 6.09 Å². The number of rotatable bonds is 2. The zero-order valence-electron chi connectivity index (χ0n) is 10.00. The molecule has 0 aromatic heterocycles. The first-order chi connectivity index (χ1) is 8.06. The van der Waals surface area contributed by atoms with Crippen molar-refractivity contribution >= 4 is 6.09 Å². The maximum atomic E-state index is 11.1. The molecule has 1 aliphatic carbocycles. The fourth-order valence-corrected chi connectivity index (χ4v) is 1.73. The molecule has 1 aliphatic rings. The smallest absolute Gasteiger partial charge is 0.407 e. The van der Waals surface area contributed by atoms with Gasteiger partial charge in [0.05, 0.1) is 18.3 Å². The molecule has 0 saturated carbocycles. The van der Waals surface area contributed by atoms with Gasteiger partial charge in [-0.2, -0.15) is 0 Å². The SMILES string of the molecule is CNC(=O)OC1/C=C/C(O)CC(OC)C(O)C1. The molecule has 4 atom stereocenters. The third kappa shape index (κ3) is 4.33. The van der Waals surface area contributed by atoms with Crippen molar-refractivity contribution in [2.75, 3.05) is 14.2 Å². The summed E-state index contributed by atoms with van der Waals surface area (Å²) in [6.45, 7) is 0. The molecule has 6 heteroatoms. The lowest BCUT2D eigenvalue weighted by molar-refractivity contribution is -0.0502. The molecule has 0 heterocycles. The zero-order chi connectivity index (χ0) is 12.8. The van der Waals surface area contributed by atoms with Crippen molar-refractivity contribution in [2.45, 2.75) is 37.3 Å². The predicted molar refractivity (Wildman–Crippen MR) is 60.5 cm³/mol. The van der Waals surface area contributed by atoms with Gasteiger partial charge in [0.2, 0.25) is 0 Å². The van der Waals surface area contributed by atoms with Crippen LogP contribution in [0.15, 0.2) is 12.2 Å². The average molecular weight is 245 g/mol. The highest BCUT2D eigenvalue weighted by molar-refractivity contribution is 5.67. The van der Waals surface area contributed by atoms with E-state index < -0.39 is 30.5 Å². The van der Waals surface area contributed by atoms with Gasteiger partial charge in [-0.3, -0.25) is 0 Å². The Hall–Kier alpha value is -1.11. The second-order valence-corrected chi connectivity index (χ2v) is 3.96. The summed E-state index contributed by atoms with van der Waals surface area (Å²) in [6.07, 6.45) is 0.579. The van der Waals surface area contributed by atoms with Crippen LogP contribution in [0.25, 0.3) is 0 Å². The summed E-state index contributed by atoms with van der Waals surface area (Å²) in [4.78, 5) is 11.1. The van der Waals surface area contributed by atoms with E-state index in [0.29, 0.717) is 6.42 Å². The number of ether oxygens (including phenoxy) is 2. The number of alkyl carbamates (subject to hydrolysis) is 1. The minimum absolute atomic E-state index is 0.245. The van der Waals surface area contributed by atoms with Gasteiger partial charge in [-0.15, -0.1) is 0 Å². The molecule has 98 valence electrons. The van der Waals surface area contributed by atoms with Gasteiger partial charge in [-0.05, 0) is 6.08 Å². The van der Waals surface area contributed by atoms with E-state index in [4.69, 9.17) is 9.47 Å². The highest BCUT2D eigenvalue weighted by Gasteiger charge is 2.27. The summed E-state index contributed by atoms with van der Waals surface area (Å²) in [5.41, 5.74) is 0. The predicted octanol–water partition coefficient (Wildman–Crippen LogP) is -0.202. The highest BCUT2D eigenvalue weighted by Crippen LogP contribution is 2.18. The van der Waals surface area contributed by atoms with Crippen LogP contribution in [0, 0.1) is 0 Å². The molecule has 1 rings (SSSR count). The standard InChI is InChI=1S/C11H19NO5/c1-12-11(15)17-8-4-3-7(13)5-10(16-2)9(14)6-8/h3-4,7-10,13-14H,5-6H2,1-2H3,(H,12,15)/b4-3+. The van der Waals surface area contributed by atoms with Gasteiger partial charge in [0.25, 0.3) is 0 Å². The van der Waals surface area contributed by atoms with Crippen LogP contribution >= 0.6 is 0 Å². The van der Waals surface area contributed by atoms with E-state index in [-0.39, 0.29) is 6.42 Å². The Labute approximate surface area is 100 Å². The molecule has 0 bridgehead atoms. The normalized spacial score (nSPS) is 35.5. The molecule has 0 saturated heterocycles. The van der Waals surface area contributed by atoms with E-state index in [9.17, 15) is 15.0 Å². The van der Waals surface area contributed by atoms with Crippen molar-refractivity contribution in [1.82, 2.24) is 5.32 Å². The van der Waals surface area contributed by atoms with Crippen molar-refractivity contribution in [3.63, 3.8) is 0 Å². The second kappa shape index (κ2) is 6.58. The van der Waals surface area contributed by atoms with Gasteiger partial charge in [0.15, 0.2) is 0 Å². The number of carbonyl (C=O) groups is 1. The quantitative estimate of drug-likeness (QED) is 0.586. The Morgan fingerprint density at radius 3 is 2.65 bits per heavy atom. The van der Waals surface area contributed by atoms with E-state index in [2.05, 4.69) is 5.32 Å². The molecular formula is C11H19NO5. The number of hydrogen-bond acceptors (Lipinski definition) is 5. The van der Waals surface area contributed by atoms with E-state index >= 15 is 0 Å². The lowest BCUT2D eigenvalue weighted by atomic mass is 9.97. The molecule has 0 aromatic rings. The van der Waals surface area contributed by atoms with Crippen LogP contribution in [0.1, 0.15) is 12.8 Å². The van der Waals surface area contributed by atoms with E-state index in [0.717, 1.165) is 0 Å². The van der Waals surface area contributed by atoms with Crippen molar-refractivity contribution < 1.29 is 24.5 Å². The third-order valence-corrected chi connectivity index (χ3v) is 2.69. The largest absolute Gasteiger partial charge is 0.442 e. The molecule has 4 unspecified atom stereocenters. The Bertz CT molecular complexity index is 281. The number of aliphatic hydroxyl groups is 2. The molecule has 0 spiro atoms. The van der Waals surface area contributed by atoms with Crippen LogP contribution in [0.5, 0.6) is 0 Å². The van der Waals surface area contributed by atoms with Crippen LogP contribution in [-0.4, -0.2) is 54.9 Å². The molecule has 3 N–H and O–H groups in total. The highest BCUT2D eigenvalue weighted by atomic mass is 16.6. The molecule has 1 amide bonds. The van der Waals surface area contributed by atoms with Crippen LogP contribution in [-0.2, 0) is 9.47 Å². The summed E-state index contributed by atoms with van der Waals surface area (Å²) in [6, 6.07) is 0. The Balaban J connectivity index is 2.68. The number of carbonyl (C=O) groups excluding carboxylic acids is 1. The lowest BCUT2D eigenvalue weighted by Gasteiger charge is -2.27. The molecule has 0 aliphatic heterocycles. The van der Waals surface area contributed by atoms with E-state index in [1.54, 1.807) is 12.2 Å². The number of nitrogens with one attached hydrogen (secondary N) is 1. The van der Waals surface area contributed by atoms with Crippen molar-refractivity contribution in [3.8, 4) is 0 Å². The van der Waals surface area contributed by atoms with Gasteiger partial charge < -0.3 is 25.0 Å². The fourth-order valence-electron chi connectivity index (χ4n) is 1.73. The number of methoxy groups -OCH3 is 1. The summed E-state index contributed by atoms with van der Waals surface area (Å²) in [7, 11) is 2.93.